The van der Waals surface area contributed by atoms with E-state index < -0.39 is 0 Å². The van der Waals surface area contributed by atoms with Crippen molar-refractivity contribution in [2.75, 3.05) is 46.8 Å². The minimum Gasteiger partial charge on any atom is -0.349 e. The predicted octanol–water partition coefficient (Wildman–Crippen LogP) is 3.20. The Bertz CT molecular complexity index is 632. The normalized spacial score (nSPS) is 26.2. The fourth-order valence-corrected chi connectivity index (χ4v) is 5.19. The summed E-state index contributed by atoms with van der Waals surface area (Å²) in [4.78, 5) is 18.9. The van der Waals surface area contributed by atoms with Crippen molar-refractivity contribution in [1.29, 1.82) is 0 Å². The number of carbonyl (C=O) groups is 1. The Balaban J connectivity index is 1.39. The molecule has 4 heteroatoms. The molecular formula is C23H35N3O. The summed E-state index contributed by atoms with van der Waals surface area (Å²) < 4.78 is 0. The van der Waals surface area contributed by atoms with Gasteiger partial charge in [-0.2, -0.15) is 0 Å². The molecule has 4 rings (SSSR count). The van der Waals surface area contributed by atoms with E-state index in [9.17, 15) is 4.79 Å². The van der Waals surface area contributed by atoms with Crippen molar-refractivity contribution in [1.82, 2.24) is 14.7 Å². The second-order valence-corrected chi connectivity index (χ2v) is 9.35. The SMILES string of the molecule is CN(C)C(=O)CCN1CCC2(CC1)CC(c1ccccc1)CN(C1CC1)C2. The Hall–Kier alpha value is -1.39. The van der Waals surface area contributed by atoms with Crippen LogP contribution >= 0.6 is 0 Å². The van der Waals surface area contributed by atoms with Crippen LogP contribution in [0.15, 0.2) is 30.3 Å². The van der Waals surface area contributed by atoms with Crippen molar-refractivity contribution in [2.45, 2.75) is 50.5 Å². The van der Waals surface area contributed by atoms with Crippen LogP contribution in [-0.4, -0.2) is 73.5 Å². The van der Waals surface area contributed by atoms with Gasteiger partial charge in [0.25, 0.3) is 0 Å². The topological polar surface area (TPSA) is 26.8 Å². The van der Waals surface area contributed by atoms with Gasteiger partial charge in [0.05, 0.1) is 0 Å². The van der Waals surface area contributed by atoms with E-state index in [1.54, 1.807) is 4.90 Å². The van der Waals surface area contributed by atoms with Gasteiger partial charge in [0.15, 0.2) is 0 Å². The maximum Gasteiger partial charge on any atom is 0.223 e. The van der Waals surface area contributed by atoms with Crippen molar-refractivity contribution < 1.29 is 4.79 Å². The molecule has 3 fully saturated rings. The van der Waals surface area contributed by atoms with Crippen LogP contribution in [0.2, 0.25) is 0 Å². The molecule has 3 aliphatic rings. The molecule has 1 unspecified atom stereocenters. The van der Waals surface area contributed by atoms with Crippen molar-refractivity contribution >= 4 is 5.91 Å². The second kappa shape index (κ2) is 7.92. The third-order valence-electron chi connectivity index (χ3n) is 7.06. The van der Waals surface area contributed by atoms with E-state index in [-0.39, 0.29) is 5.91 Å². The number of carbonyl (C=O) groups excluding carboxylic acids is 1. The van der Waals surface area contributed by atoms with Gasteiger partial charge in [0.2, 0.25) is 5.91 Å². The first kappa shape index (κ1) is 18.9. The van der Waals surface area contributed by atoms with Gasteiger partial charge in [-0.05, 0) is 62.1 Å². The lowest BCUT2D eigenvalue weighted by molar-refractivity contribution is -0.129. The zero-order valence-electron chi connectivity index (χ0n) is 17.1. The Labute approximate surface area is 164 Å². The molecule has 1 aromatic rings. The molecule has 0 aromatic heterocycles. The Morgan fingerprint density at radius 3 is 2.48 bits per heavy atom. The van der Waals surface area contributed by atoms with E-state index in [1.165, 1.54) is 50.8 Å². The van der Waals surface area contributed by atoms with E-state index in [1.807, 2.05) is 14.1 Å². The van der Waals surface area contributed by atoms with Crippen molar-refractivity contribution in [3.63, 3.8) is 0 Å². The van der Waals surface area contributed by atoms with Crippen molar-refractivity contribution in [3.8, 4) is 0 Å². The van der Waals surface area contributed by atoms with Crippen molar-refractivity contribution in [3.05, 3.63) is 35.9 Å². The first-order chi connectivity index (χ1) is 13.0. The molecule has 148 valence electrons. The van der Waals surface area contributed by atoms with Crippen LogP contribution in [0, 0.1) is 5.41 Å². The number of amides is 1. The molecule has 2 aliphatic heterocycles. The van der Waals surface area contributed by atoms with Gasteiger partial charge < -0.3 is 9.80 Å². The van der Waals surface area contributed by atoms with Crippen molar-refractivity contribution in [2.24, 2.45) is 5.41 Å². The highest BCUT2D eigenvalue weighted by molar-refractivity contribution is 5.75. The summed E-state index contributed by atoms with van der Waals surface area (Å²) in [5, 5.41) is 0. The molecule has 1 aromatic carbocycles. The standard InChI is InChI=1S/C23H35N3O/c1-24(2)22(27)10-13-25-14-11-23(12-15-25)16-20(19-6-4-3-5-7-19)17-26(18-23)21-8-9-21/h3-7,20-21H,8-18H2,1-2H3. The molecule has 0 bridgehead atoms. The first-order valence-electron chi connectivity index (χ1n) is 10.8. The largest absolute Gasteiger partial charge is 0.349 e. The van der Waals surface area contributed by atoms with Gasteiger partial charge in [0, 0.05) is 46.2 Å². The van der Waals surface area contributed by atoms with E-state index in [2.05, 4.69) is 40.1 Å². The molecule has 1 aliphatic carbocycles. The van der Waals surface area contributed by atoms with Gasteiger partial charge in [0.1, 0.15) is 0 Å². The highest BCUT2D eigenvalue weighted by atomic mass is 16.2. The van der Waals surface area contributed by atoms with Crippen LogP contribution < -0.4 is 0 Å². The molecule has 4 nitrogen and oxygen atoms in total. The first-order valence-corrected chi connectivity index (χ1v) is 10.8. The quantitative estimate of drug-likeness (QED) is 0.797. The lowest BCUT2D eigenvalue weighted by atomic mass is 9.68. The molecule has 1 atom stereocenters. The Morgan fingerprint density at radius 2 is 1.85 bits per heavy atom. The molecular weight excluding hydrogens is 334 g/mol. The number of likely N-dealkylation sites (tertiary alicyclic amines) is 2. The summed E-state index contributed by atoms with van der Waals surface area (Å²) >= 11 is 0. The minimum absolute atomic E-state index is 0.247. The predicted molar refractivity (Wildman–Crippen MR) is 110 cm³/mol. The van der Waals surface area contributed by atoms with Crippen LogP contribution in [0.5, 0.6) is 0 Å². The van der Waals surface area contributed by atoms with Gasteiger partial charge >= 0.3 is 0 Å². The number of nitrogens with zero attached hydrogens (tertiary/aromatic N) is 3. The maximum atomic E-state index is 11.9. The zero-order valence-corrected chi connectivity index (χ0v) is 17.1. The average molecular weight is 370 g/mol. The lowest BCUT2D eigenvalue weighted by Gasteiger charge is -2.50. The summed E-state index contributed by atoms with van der Waals surface area (Å²) in [5.74, 6) is 0.930. The molecule has 27 heavy (non-hydrogen) atoms. The van der Waals surface area contributed by atoms with Gasteiger partial charge in [-0.15, -0.1) is 0 Å². The number of rotatable bonds is 5. The summed E-state index contributed by atoms with van der Waals surface area (Å²) in [6.45, 7) is 5.77. The molecule has 2 heterocycles. The number of hydrogen-bond acceptors (Lipinski definition) is 3. The van der Waals surface area contributed by atoms with Crippen LogP contribution in [0.1, 0.15) is 50.0 Å². The number of piperidine rings is 2. The van der Waals surface area contributed by atoms with E-state index in [0.29, 0.717) is 17.8 Å². The Morgan fingerprint density at radius 1 is 1.15 bits per heavy atom. The van der Waals surface area contributed by atoms with E-state index >= 15 is 0 Å². The third-order valence-corrected chi connectivity index (χ3v) is 7.06. The summed E-state index contributed by atoms with van der Waals surface area (Å²) in [7, 11) is 3.71. The van der Waals surface area contributed by atoms with Crippen LogP contribution in [-0.2, 0) is 4.79 Å². The van der Waals surface area contributed by atoms with E-state index in [0.717, 1.165) is 25.7 Å². The molecule has 1 amide bonds. The molecule has 0 N–H and O–H groups in total. The van der Waals surface area contributed by atoms with Crippen LogP contribution in [0.25, 0.3) is 0 Å². The number of hydrogen-bond donors (Lipinski definition) is 0. The Kier molecular flexibility index (Phi) is 5.56. The monoisotopic (exact) mass is 369 g/mol. The minimum atomic E-state index is 0.247. The fraction of sp³-hybridized carbons (Fsp3) is 0.696. The molecule has 0 radical (unpaired) electrons. The summed E-state index contributed by atoms with van der Waals surface area (Å²) in [5.41, 5.74) is 2.00. The smallest absolute Gasteiger partial charge is 0.223 e. The fourth-order valence-electron chi connectivity index (χ4n) is 5.19. The lowest BCUT2D eigenvalue weighted by Crippen LogP contribution is -2.52. The molecule has 2 saturated heterocycles. The number of benzene rings is 1. The highest BCUT2D eigenvalue weighted by Crippen LogP contribution is 2.47. The van der Waals surface area contributed by atoms with Crippen LogP contribution in [0.3, 0.4) is 0 Å². The molecule has 1 saturated carbocycles. The average Bonchev–Trinajstić information content (AvgIpc) is 3.53. The second-order valence-electron chi connectivity index (χ2n) is 9.35. The van der Waals surface area contributed by atoms with Gasteiger partial charge in [-0.3, -0.25) is 9.69 Å². The van der Waals surface area contributed by atoms with Gasteiger partial charge in [-0.25, -0.2) is 0 Å². The van der Waals surface area contributed by atoms with E-state index in [4.69, 9.17) is 0 Å². The third kappa shape index (κ3) is 4.55. The molecule has 1 spiro atoms. The van der Waals surface area contributed by atoms with Crippen LogP contribution in [0.4, 0.5) is 0 Å². The summed E-state index contributed by atoms with van der Waals surface area (Å²) in [6.07, 6.45) is 7.36. The van der Waals surface area contributed by atoms with Gasteiger partial charge in [-0.1, -0.05) is 30.3 Å². The maximum absolute atomic E-state index is 11.9. The zero-order chi connectivity index (χ0) is 18.9. The summed E-state index contributed by atoms with van der Waals surface area (Å²) in [6, 6.07) is 12.0. The highest BCUT2D eigenvalue weighted by Gasteiger charge is 2.45.